The Kier molecular flexibility index (Phi) is 3.57. The van der Waals surface area contributed by atoms with Crippen LogP contribution in [0.5, 0.6) is 0 Å². The summed E-state index contributed by atoms with van der Waals surface area (Å²) < 4.78 is 0. The second-order valence-electron chi connectivity index (χ2n) is 9.92. The maximum atomic E-state index is 12.6. The van der Waals surface area contributed by atoms with Crippen LogP contribution in [0.15, 0.2) is 0 Å². The molecule has 0 aliphatic heterocycles. The molecule has 0 amide bonds. The van der Waals surface area contributed by atoms with Crippen LogP contribution in [0.4, 0.5) is 0 Å². The molecule has 5 rings (SSSR count). The highest BCUT2D eigenvalue weighted by molar-refractivity contribution is 5.86. The van der Waals surface area contributed by atoms with E-state index in [-0.39, 0.29) is 41.7 Å². The molecule has 24 heavy (non-hydrogen) atoms. The molecule has 5 saturated carbocycles. The molecule has 0 unspecified atom stereocenters. The molecule has 0 radical (unpaired) electrons. The van der Waals surface area contributed by atoms with E-state index in [9.17, 15) is 20.1 Å². The third-order valence-corrected chi connectivity index (χ3v) is 9.09. The van der Waals surface area contributed by atoms with Crippen molar-refractivity contribution >= 4 is 5.78 Å². The van der Waals surface area contributed by atoms with Gasteiger partial charge in [0.2, 0.25) is 0 Å². The van der Waals surface area contributed by atoms with Crippen molar-refractivity contribution in [3.8, 4) is 0 Å². The first kappa shape index (κ1) is 17.0. The lowest BCUT2D eigenvalue weighted by Gasteiger charge is -2.69. The summed E-state index contributed by atoms with van der Waals surface area (Å²) in [5.41, 5.74) is -1.31. The van der Waals surface area contributed by atoms with Crippen LogP contribution in [0.1, 0.15) is 65.2 Å². The Bertz CT molecular complexity index is 562. The van der Waals surface area contributed by atoms with E-state index < -0.39 is 11.0 Å². The highest BCUT2D eigenvalue weighted by Gasteiger charge is 2.68. The number of hydrogen-bond acceptors (Lipinski definition) is 4. The Hall–Kier alpha value is -0.450. The summed E-state index contributed by atoms with van der Waals surface area (Å²) in [6.45, 7) is 4.15. The van der Waals surface area contributed by atoms with Gasteiger partial charge in [-0.05, 0) is 73.5 Å². The first-order chi connectivity index (χ1) is 11.2. The van der Waals surface area contributed by atoms with E-state index in [1.54, 1.807) is 0 Å². The van der Waals surface area contributed by atoms with E-state index >= 15 is 0 Å². The normalized spacial score (nSPS) is 56.7. The summed E-state index contributed by atoms with van der Waals surface area (Å²) in [4.78, 5) is 12.6. The van der Waals surface area contributed by atoms with Crippen LogP contribution < -0.4 is 0 Å². The fourth-order valence-corrected chi connectivity index (χ4v) is 7.74. The third kappa shape index (κ3) is 1.88. The van der Waals surface area contributed by atoms with Crippen LogP contribution >= 0.6 is 0 Å². The molecule has 3 N–H and O–H groups in total. The maximum absolute atomic E-state index is 12.6. The topological polar surface area (TPSA) is 77.8 Å². The van der Waals surface area contributed by atoms with Gasteiger partial charge in [-0.2, -0.15) is 0 Å². The van der Waals surface area contributed by atoms with Gasteiger partial charge in [-0.15, -0.1) is 0 Å². The van der Waals surface area contributed by atoms with Gasteiger partial charge in [0.1, 0.15) is 5.78 Å². The van der Waals surface area contributed by atoms with Gasteiger partial charge in [-0.3, -0.25) is 4.79 Å². The smallest absolute Gasteiger partial charge is 0.141 e. The SMILES string of the molecule is C[C@@]12CCC(=O)[C@](C)(CO)[C@H]1CC[C@]13CC[C@H](C[C@H]12)[C@](O)(CO)C3. The van der Waals surface area contributed by atoms with Gasteiger partial charge in [0, 0.05) is 6.42 Å². The summed E-state index contributed by atoms with van der Waals surface area (Å²) in [6.07, 6.45) is 7.34. The van der Waals surface area contributed by atoms with Crippen LogP contribution in [0.25, 0.3) is 0 Å². The van der Waals surface area contributed by atoms with Crippen molar-refractivity contribution in [2.24, 2.45) is 34.0 Å². The molecule has 0 aromatic rings. The number of carbonyl (C=O) groups excluding carboxylic acids is 1. The number of fused-ring (bicyclic) bond motifs is 3. The lowest BCUT2D eigenvalue weighted by atomic mass is 9.35. The van der Waals surface area contributed by atoms with Gasteiger partial charge < -0.3 is 15.3 Å². The summed E-state index contributed by atoms with van der Waals surface area (Å²) in [5.74, 6) is 1.17. The zero-order valence-corrected chi connectivity index (χ0v) is 15.1. The molecule has 0 aromatic heterocycles. The third-order valence-electron chi connectivity index (χ3n) is 9.09. The minimum atomic E-state index is -0.900. The predicted octanol–water partition coefficient (Wildman–Crippen LogP) is 2.29. The average Bonchev–Trinajstić information content (AvgIpc) is 2.58. The Morgan fingerprint density at radius 3 is 2.42 bits per heavy atom. The number of aliphatic hydroxyl groups excluding tert-OH is 2. The zero-order valence-electron chi connectivity index (χ0n) is 15.1. The van der Waals surface area contributed by atoms with Crippen molar-refractivity contribution in [3.05, 3.63) is 0 Å². The second-order valence-corrected chi connectivity index (χ2v) is 9.92. The van der Waals surface area contributed by atoms with Gasteiger partial charge in [0.25, 0.3) is 0 Å². The summed E-state index contributed by atoms with van der Waals surface area (Å²) >= 11 is 0. The quantitative estimate of drug-likeness (QED) is 0.723. The molecule has 5 aliphatic rings. The predicted molar refractivity (Wildman–Crippen MR) is 90.2 cm³/mol. The molecule has 0 heterocycles. The highest BCUT2D eigenvalue weighted by atomic mass is 16.3. The van der Waals surface area contributed by atoms with Crippen molar-refractivity contribution in [3.63, 3.8) is 0 Å². The Balaban J connectivity index is 1.73. The first-order valence-corrected chi connectivity index (χ1v) is 9.71. The summed E-state index contributed by atoms with van der Waals surface area (Å²) in [5, 5.41) is 30.7. The van der Waals surface area contributed by atoms with Crippen molar-refractivity contribution in [1.29, 1.82) is 0 Å². The molecule has 136 valence electrons. The van der Waals surface area contributed by atoms with Crippen LogP contribution in [-0.2, 0) is 4.79 Å². The van der Waals surface area contributed by atoms with Crippen LogP contribution in [-0.4, -0.2) is 39.9 Å². The molecular weight excluding hydrogens is 304 g/mol. The molecule has 1 spiro atoms. The van der Waals surface area contributed by atoms with Crippen molar-refractivity contribution in [2.45, 2.75) is 70.8 Å². The lowest BCUT2D eigenvalue weighted by molar-refractivity contribution is -0.243. The van der Waals surface area contributed by atoms with E-state index in [2.05, 4.69) is 6.92 Å². The molecule has 2 bridgehead atoms. The standard InChI is InChI=1S/C20H32O4/c1-17-6-5-16(23)18(2,11-21)14(17)4-8-19-7-3-13(9-15(17)19)20(24,10-19)12-22/h13-15,21-22,24H,3-12H2,1-2H3/t13-,14+,15+,17-,18-,19+,20-/m1/s1. The number of carbonyl (C=O) groups is 1. The van der Waals surface area contributed by atoms with Crippen LogP contribution in [0, 0.1) is 34.0 Å². The van der Waals surface area contributed by atoms with E-state index in [0.29, 0.717) is 12.3 Å². The van der Waals surface area contributed by atoms with Crippen LogP contribution in [0.2, 0.25) is 0 Å². The van der Waals surface area contributed by atoms with E-state index in [1.807, 2.05) is 6.92 Å². The molecule has 4 heteroatoms. The summed E-state index contributed by atoms with van der Waals surface area (Å²) in [6, 6.07) is 0. The van der Waals surface area contributed by atoms with Gasteiger partial charge in [-0.1, -0.05) is 13.8 Å². The number of ketones is 1. The Morgan fingerprint density at radius 1 is 1.04 bits per heavy atom. The van der Waals surface area contributed by atoms with Crippen molar-refractivity contribution in [1.82, 2.24) is 0 Å². The number of Topliss-reactive ketones (excluding diaryl/α,β-unsaturated/α-hetero) is 1. The van der Waals surface area contributed by atoms with Crippen molar-refractivity contribution < 1.29 is 20.1 Å². The van der Waals surface area contributed by atoms with Gasteiger partial charge in [0.05, 0.1) is 24.2 Å². The number of hydrogen-bond donors (Lipinski definition) is 3. The largest absolute Gasteiger partial charge is 0.395 e. The maximum Gasteiger partial charge on any atom is 0.141 e. The van der Waals surface area contributed by atoms with Crippen molar-refractivity contribution in [2.75, 3.05) is 13.2 Å². The molecule has 7 atom stereocenters. The van der Waals surface area contributed by atoms with E-state index in [1.165, 1.54) is 0 Å². The molecule has 0 aromatic carbocycles. The fourth-order valence-electron chi connectivity index (χ4n) is 7.74. The van der Waals surface area contributed by atoms with E-state index in [4.69, 9.17) is 0 Å². The lowest BCUT2D eigenvalue weighted by Crippen LogP contribution is -2.67. The second kappa shape index (κ2) is 5.05. The number of rotatable bonds is 2. The van der Waals surface area contributed by atoms with E-state index in [0.717, 1.165) is 44.9 Å². The molecular formula is C20H32O4. The first-order valence-electron chi connectivity index (χ1n) is 9.71. The number of aliphatic hydroxyl groups is 3. The highest BCUT2D eigenvalue weighted by Crippen LogP contribution is 2.72. The summed E-state index contributed by atoms with van der Waals surface area (Å²) in [7, 11) is 0. The molecule has 5 aliphatic carbocycles. The average molecular weight is 336 g/mol. The fraction of sp³-hybridized carbons (Fsp3) is 0.950. The van der Waals surface area contributed by atoms with Crippen LogP contribution in [0.3, 0.4) is 0 Å². The van der Waals surface area contributed by atoms with Gasteiger partial charge in [0.15, 0.2) is 0 Å². The van der Waals surface area contributed by atoms with Gasteiger partial charge >= 0.3 is 0 Å². The molecule has 4 nitrogen and oxygen atoms in total. The molecule has 0 saturated heterocycles. The Morgan fingerprint density at radius 2 is 1.75 bits per heavy atom. The van der Waals surface area contributed by atoms with Gasteiger partial charge in [-0.25, -0.2) is 0 Å². The minimum Gasteiger partial charge on any atom is -0.395 e. The minimum absolute atomic E-state index is 0.0458. The zero-order chi connectivity index (χ0) is 17.4. The monoisotopic (exact) mass is 336 g/mol. The molecule has 5 fully saturated rings. The Labute approximate surface area is 144 Å².